The summed E-state index contributed by atoms with van der Waals surface area (Å²) in [6, 6.07) is 3.01. The monoisotopic (exact) mass is 465 g/mol. The summed E-state index contributed by atoms with van der Waals surface area (Å²) >= 11 is 0. The van der Waals surface area contributed by atoms with Crippen LogP contribution in [0, 0.1) is 0 Å². The summed E-state index contributed by atoms with van der Waals surface area (Å²) in [5.41, 5.74) is -1.23. The fourth-order valence-electron chi connectivity index (χ4n) is 2.21. The molecule has 2 heterocycles. The molecule has 140 valence electrons. The third-order valence-electron chi connectivity index (χ3n) is 3.51. The Labute approximate surface area is 163 Å². The average Bonchev–Trinajstić information content (AvgIpc) is 3.18. The SMILES string of the molecule is CCNC(=NCC(C)(O)c1ccco1)NCCN1C(=O)CNC1=O.I. The van der Waals surface area contributed by atoms with Gasteiger partial charge in [-0.1, -0.05) is 0 Å². The van der Waals surface area contributed by atoms with E-state index in [1.165, 1.54) is 6.26 Å². The summed E-state index contributed by atoms with van der Waals surface area (Å²) in [6.07, 6.45) is 1.50. The lowest BCUT2D eigenvalue weighted by atomic mass is 10.0. The Morgan fingerprint density at radius 1 is 1.48 bits per heavy atom. The normalized spacial score (nSPS) is 16.9. The van der Waals surface area contributed by atoms with E-state index in [0.29, 0.717) is 24.8 Å². The molecule has 0 spiro atoms. The molecule has 1 aliphatic heterocycles. The molecule has 1 aromatic rings. The summed E-state index contributed by atoms with van der Waals surface area (Å²) in [5.74, 6) is 0.669. The number of rotatable bonds is 7. The number of aliphatic imine (C=N–C) groups is 1. The minimum Gasteiger partial charge on any atom is -0.466 e. The molecule has 1 unspecified atom stereocenters. The van der Waals surface area contributed by atoms with Crippen LogP contribution in [0.3, 0.4) is 0 Å². The van der Waals surface area contributed by atoms with Gasteiger partial charge in [-0.25, -0.2) is 9.79 Å². The molecule has 2 rings (SSSR count). The van der Waals surface area contributed by atoms with Gasteiger partial charge in [0.1, 0.15) is 11.4 Å². The molecule has 0 radical (unpaired) electrons. The van der Waals surface area contributed by atoms with Crippen LogP contribution >= 0.6 is 24.0 Å². The lowest BCUT2D eigenvalue weighted by Crippen LogP contribution is -2.43. The van der Waals surface area contributed by atoms with E-state index < -0.39 is 5.60 Å². The first-order valence-electron chi connectivity index (χ1n) is 7.81. The van der Waals surface area contributed by atoms with E-state index in [1.54, 1.807) is 19.1 Å². The molecule has 1 aliphatic rings. The van der Waals surface area contributed by atoms with Crippen LogP contribution in [0.1, 0.15) is 19.6 Å². The number of halogens is 1. The molecule has 0 saturated carbocycles. The second-order valence-corrected chi connectivity index (χ2v) is 5.58. The van der Waals surface area contributed by atoms with Gasteiger partial charge >= 0.3 is 6.03 Å². The summed E-state index contributed by atoms with van der Waals surface area (Å²) in [6.45, 7) is 4.90. The van der Waals surface area contributed by atoms with Crippen molar-refractivity contribution in [1.29, 1.82) is 0 Å². The second kappa shape index (κ2) is 9.61. The summed E-state index contributed by atoms with van der Waals surface area (Å²) in [7, 11) is 0. The van der Waals surface area contributed by atoms with Crippen molar-refractivity contribution in [2.75, 3.05) is 32.7 Å². The van der Waals surface area contributed by atoms with E-state index in [0.717, 1.165) is 4.90 Å². The third-order valence-corrected chi connectivity index (χ3v) is 3.51. The molecule has 3 amide bonds. The molecule has 4 N–H and O–H groups in total. The van der Waals surface area contributed by atoms with Crippen molar-refractivity contribution in [3.63, 3.8) is 0 Å². The molecule has 0 aliphatic carbocycles. The van der Waals surface area contributed by atoms with Crippen LogP contribution in [-0.4, -0.2) is 60.6 Å². The average molecular weight is 465 g/mol. The highest BCUT2D eigenvalue weighted by Gasteiger charge is 2.28. The predicted octanol–water partition coefficient (Wildman–Crippen LogP) is 0.212. The fourth-order valence-corrected chi connectivity index (χ4v) is 2.21. The Morgan fingerprint density at radius 2 is 2.24 bits per heavy atom. The first kappa shape index (κ1) is 21.2. The van der Waals surface area contributed by atoms with Crippen LogP contribution in [0.5, 0.6) is 0 Å². The van der Waals surface area contributed by atoms with E-state index in [1.807, 2.05) is 6.92 Å². The number of hydrogen-bond acceptors (Lipinski definition) is 5. The minimum absolute atomic E-state index is 0. The van der Waals surface area contributed by atoms with Crippen LogP contribution in [0.25, 0.3) is 0 Å². The Hall–Kier alpha value is -1.82. The number of aliphatic hydroxyl groups is 1. The van der Waals surface area contributed by atoms with Crippen molar-refractivity contribution in [3.05, 3.63) is 24.2 Å². The van der Waals surface area contributed by atoms with Gasteiger partial charge in [0.2, 0.25) is 5.91 Å². The molecule has 1 aromatic heterocycles. The summed E-state index contributed by atoms with van der Waals surface area (Å²) < 4.78 is 5.21. The van der Waals surface area contributed by atoms with Gasteiger partial charge < -0.3 is 25.5 Å². The van der Waals surface area contributed by atoms with Crippen LogP contribution in [0.15, 0.2) is 27.8 Å². The zero-order valence-corrected chi connectivity index (χ0v) is 16.6. The number of nitrogens with one attached hydrogen (secondary N) is 3. The molecule has 10 heteroatoms. The third kappa shape index (κ3) is 5.88. The van der Waals surface area contributed by atoms with Crippen LogP contribution < -0.4 is 16.0 Å². The standard InChI is InChI=1S/C15H23N5O4.HI/c1-3-16-13(17-6-7-20-12(21)9-18-14(20)22)19-10-15(2,23)11-5-4-8-24-11;/h4-5,8,23H,3,6-7,9-10H2,1-2H3,(H,18,22)(H2,16,17,19);1H. The van der Waals surface area contributed by atoms with Crippen LogP contribution in [0.4, 0.5) is 4.79 Å². The number of imide groups is 1. The maximum absolute atomic E-state index is 11.5. The summed E-state index contributed by atoms with van der Waals surface area (Å²) in [4.78, 5) is 28.4. The van der Waals surface area contributed by atoms with Gasteiger partial charge in [-0.3, -0.25) is 9.69 Å². The zero-order chi connectivity index (χ0) is 17.6. The van der Waals surface area contributed by atoms with Gasteiger partial charge in [0.25, 0.3) is 0 Å². The molecule has 25 heavy (non-hydrogen) atoms. The lowest BCUT2D eigenvalue weighted by Gasteiger charge is -2.20. The highest BCUT2D eigenvalue weighted by atomic mass is 127. The van der Waals surface area contributed by atoms with Crippen LogP contribution in [-0.2, 0) is 10.4 Å². The highest BCUT2D eigenvalue weighted by molar-refractivity contribution is 14.0. The maximum atomic E-state index is 11.5. The van der Waals surface area contributed by atoms with Gasteiger partial charge in [0.05, 0.1) is 19.4 Å². The van der Waals surface area contributed by atoms with Crippen molar-refractivity contribution in [2.24, 2.45) is 4.99 Å². The van der Waals surface area contributed by atoms with Gasteiger partial charge in [-0.15, -0.1) is 24.0 Å². The number of carbonyl (C=O) groups excluding carboxylic acids is 2. The number of carbonyl (C=O) groups is 2. The fraction of sp³-hybridized carbons (Fsp3) is 0.533. The number of hydrogen-bond donors (Lipinski definition) is 4. The largest absolute Gasteiger partial charge is 0.466 e. The van der Waals surface area contributed by atoms with Crippen molar-refractivity contribution >= 4 is 41.9 Å². The van der Waals surface area contributed by atoms with E-state index in [2.05, 4.69) is 20.9 Å². The zero-order valence-electron chi connectivity index (χ0n) is 14.2. The number of furan rings is 1. The number of guanidine groups is 1. The molecule has 0 bridgehead atoms. The first-order valence-corrected chi connectivity index (χ1v) is 7.81. The molecule has 1 fully saturated rings. The Kier molecular flexibility index (Phi) is 8.16. The number of urea groups is 1. The van der Waals surface area contributed by atoms with E-state index in [-0.39, 0.29) is 55.5 Å². The molecular weight excluding hydrogens is 441 g/mol. The van der Waals surface area contributed by atoms with E-state index in [4.69, 9.17) is 4.42 Å². The molecule has 9 nitrogen and oxygen atoms in total. The smallest absolute Gasteiger partial charge is 0.324 e. The number of nitrogens with zero attached hydrogens (tertiary/aromatic N) is 2. The maximum Gasteiger partial charge on any atom is 0.324 e. The lowest BCUT2D eigenvalue weighted by molar-refractivity contribution is -0.124. The minimum atomic E-state index is -1.23. The Balaban J connectivity index is 0.00000312. The van der Waals surface area contributed by atoms with E-state index in [9.17, 15) is 14.7 Å². The topological polar surface area (TPSA) is 119 Å². The van der Waals surface area contributed by atoms with Crippen molar-refractivity contribution in [3.8, 4) is 0 Å². The van der Waals surface area contributed by atoms with Gasteiger partial charge in [0, 0.05) is 19.6 Å². The molecule has 1 saturated heterocycles. The van der Waals surface area contributed by atoms with Gasteiger partial charge in [-0.2, -0.15) is 0 Å². The number of amides is 3. The Bertz CT molecular complexity index is 587. The van der Waals surface area contributed by atoms with Gasteiger partial charge in [-0.05, 0) is 26.0 Å². The quantitative estimate of drug-likeness (QED) is 0.198. The van der Waals surface area contributed by atoms with Crippen molar-refractivity contribution < 1.29 is 19.1 Å². The van der Waals surface area contributed by atoms with Crippen molar-refractivity contribution in [1.82, 2.24) is 20.9 Å². The van der Waals surface area contributed by atoms with Gasteiger partial charge in [0.15, 0.2) is 5.96 Å². The second-order valence-electron chi connectivity index (χ2n) is 5.58. The first-order chi connectivity index (χ1) is 11.4. The van der Waals surface area contributed by atoms with E-state index >= 15 is 0 Å². The Morgan fingerprint density at radius 3 is 2.80 bits per heavy atom. The predicted molar refractivity (Wildman–Crippen MR) is 103 cm³/mol. The summed E-state index contributed by atoms with van der Waals surface area (Å²) in [5, 5.41) is 18.9. The van der Waals surface area contributed by atoms with Crippen LogP contribution in [0.2, 0.25) is 0 Å². The molecule has 0 aromatic carbocycles. The molecular formula is C15H24IN5O4. The van der Waals surface area contributed by atoms with Crippen molar-refractivity contribution in [2.45, 2.75) is 19.4 Å². The molecule has 1 atom stereocenters. The highest BCUT2D eigenvalue weighted by Crippen LogP contribution is 2.20.